The van der Waals surface area contributed by atoms with Crippen molar-refractivity contribution in [1.82, 2.24) is 9.21 Å². The smallest absolute Gasteiger partial charge is 0.252 e. The van der Waals surface area contributed by atoms with Crippen LogP contribution in [0.5, 0.6) is 0 Å². The summed E-state index contributed by atoms with van der Waals surface area (Å²) >= 11 is 1.27. The number of piperidine rings is 1. The van der Waals surface area contributed by atoms with Gasteiger partial charge in [-0.05, 0) is 17.9 Å². The first kappa shape index (κ1) is 16.1. The topological polar surface area (TPSA) is 49.9 Å². The number of sulfonamides is 1. The molecule has 0 spiro atoms. The Balaban J connectivity index is 1.70. The fraction of sp³-hybridized carbons (Fsp3) is 0.600. The van der Waals surface area contributed by atoms with Gasteiger partial charge in [0.2, 0.25) is 0 Å². The van der Waals surface area contributed by atoms with Crippen molar-refractivity contribution in [3.8, 4) is 0 Å². The molecule has 3 rings (SSSR count). The van der Waals surface area contributed by atoms with Gasteiger partial charge >= 0.3 is 0 Å². The largest absolute Gasteiger partial charge is 0.375 e. The zero-order chi connectivity index (χ0) is 15.6. The summed E-state index contributed by atoms with van der Waals surface area (Å²) in [5.74, 6) is 0.400. The van der Waals surface area contributed by atoms with Gasteiger partial charge in [-0.1, -0.05) is 12.1 Å². The van der Waals surface area contributed by atoms with E-state index in [2.05, 4.69) is 11.5 Å². The lowest BCUT2D eigenvalue weighted by molar-refractivity contribution is -0.00185. The molecule has 0 radical (unpaired) electrons. The molecule has 0 aliphatic carbocycles. The number of nitrogens with zero attached hydrogens (tertiary/aromatic N) is 2. The van der Waals surface area contributed by atoms with Crippen molar-refractivity contribution in [3.05, 3.63) is 30.2 Å². The summed E-state index contributed by atoms with van der Waals surface area (Å²) < 4.78 is 33.2. The van der Waals surface area contributed by atoms with E-state index < -0.39 is 10.0 Å². The van der Waals surface area contributed by atoms with Crippen molar-refractivity contribution in [2.75, 3.05) is 39.3 Å². The van der Waals surface area contributed by atoms with Gasteiger partial charge < -0.3 is 4.74 Å². The molecule has 0 saturated carbocycles. The third kappa shape index (κ3) is 3.28. The van der Waals surface area contributed by atoms with Gasteiger partial charge in [-0.2, -0.15) is 4.31 Å². The van der Waals surface area contributed by atoms with Gasteiger partial charge in [0.05, 0.1) is 12.7 Å². The van der Waals surface area contributed by atoms with E-state index in [-0.39, 0.29) is 6.10 Å². The van der Waals surface area contributed by atoms with E-state index in [0.29, 0.717) is 29.8 Å². The van der Waals surface area contributed by atoms with Crippen molar-refractivity contribution >= 4 is 21.4 Å². The number of thiophene rings is 1. The standard InChI is InChI=1S/C15H22N2O3S2/c1-2-6-16-8-9-20-14-12-17(7-5-13(14)11-16)22(18,19)15-4-3-10-21-15/h2-4,10,13-14H,1,5-9,11-12H2/t13-,14-/m1/s1. The lowest BCUT2D eigenvalue weighted by atomic mass is 9.94. The minimum Gasteiger partial charge on any atom is -0.375 e. The molecule has 3 heterocycles. The van der Waals surface area contributed by atoms with Crippen molar-refractivity contribution in [2.24, 2.45) is 5.92 Å². The van der Waals surface area contributed by atoms with Gasteiger partial charge in [0, 0.05) is 38.6 Å². The van der Waals surface area contributed by atoms with Crippen LogP contribution in [-0.4, -0.2) is 63.1 Å². The average Bonchev–Trinajstić information content (AvgIpc) is 2.96. The molecule has 0 aromatic carbocycles. The van der Waals surface area contributed by atoms with E-state index in [0.717, 1.165) is 26.1 Å². The van der Waals surface area contributed by atoms with E-state index in [1.807, 2.05) is 6.08 Å². The molecule has 0 amide bonds. The second-order valence-corrected chi connectivity index (χ2v) is 8.91. The van der Waals surface area contributed by atoms with Crippen LogP contribution >= 0.6 is 11.3 Å². The third-order valence-electron chi connectivity index (χ3n) is 4.37. The van der Waals surface area contributed by atoms with Crippen molar-refractivity contribution in [3.63, 3.8) is 0 Å². The van der Waals surface area contributed by atoms with E-state index >= 15 is 0 Å². The van der Waals surface area contributed by atoms with E-state index in [4.69, 9.17) is 4.74 Å². The maximum atomic E-state index is 12.6. The van der Waals surface area contributed by atoms with Crippen LogP contribution in [0.15, 0.2) is 34.4 Å². The van der Waals surface area contributed by atoms with Gasteiger partial charge in [0.15, 0.2) is 0 Å². The molecule has 1 aromatic rings. The van der Waals surface area contributed by atoms with Crippen LogP contribution < -0.4 is 0 Å². The fourth-order valence-corrected chi connectivity index (χ4v) is 5.81. The monoisotopic (exact) mass is 342 g/mol. The SMILES string of the molecule is C=CCN1CCO[C@@H]2CN(S(=O)(=O)c3cccs3)CC[C@@H]2C1. The Morgan fingerprint density at radius 1 is 1.41 bits per heavy atom. The molecule has 2 aliphatic heterocycles. The second-order valence-electron chi connectivity index (χ2n) is 5.80. The van der Waals surface area contributed by atoms with Crippen LogP contribution in [0.3, 0.4) is 0 Å². The van der Waals surface area contributed by atoms with E-state index in [1.54, 1.807) is 21.8 Å². The fourth-order valence-electron chi connectivity index (χ4n) is 3.19. The summed E-state index contributed by atoms with van der Waals surface area (Å²) in [4.78, 5) is 2.33. The van der Waals surface area contributed by atoms with Gasteiger partial charge in [-0.3, -0.25) is 4.90 Å². The molecule has 7 heteroatoms. The van der Waals surface area contributed by atoms with E-state index in [9.17, 15) is 8.42 Å². The van der Waals surface area contributed by atoms with Crippen molar-refractivity contribution in [1.29, 1.82) is 0 Å². The second kappa shape index (κ2) is 6.80. The van der Waals surface area contributed by atoms with Gasteiger partial charge in [-0.25, -0.2) is 8.42 Å². The van der Waals surface area contributed by atoms with Crippen LogP contribution in [0.25, 0.3) is 0 Å². The zero-order valence-electron chi connectivity index (χ0n) is 12.6. The Morgan fingerprint density at radius 2 is 2.27 bits per heavy atom. The van der Waals surface area contributed by atoms with Crippen LogP contribution in [-0.2, 0) is 14.8 Å². The number of ether oxygens (including phenoxy) is 1. The summed E-state index contributed by atoms with van der Waals surface area (Å²) in [7, 11) is -3.36. The van der Waals surface area contributed by atoms with Crippen molar-refractivity contribution in [2.45, 2.75) is 16.7 Å². The van der Waals surface area contributed by atoms with Crippen LogP contribution in [0.4, 0.5) is 0 Å². The molecule has 0 bridgehead atoms. The molecule has 2 fully saturated rings. The summed E-state index contributed by atoms with van der Waals surface area (Å²) in [6.45, 7) is 8.20. The molecular formula is C15H22N2O3S2. The minimum absolute atomic E-state index is 0.00157. The number of hydrogen-bond donors (Lipinski definition) is 0. The van der Waals surface area contributed by atoms with Crippen LogP contribution in [0.2, 0.25) is 0 Å². The molecule has 122 valence electrons. The maximum Gasteiger partial charge on any atom is 0.252 e. The molecule has 0 unspecified atom stereocenters. The van der Waals surface area contributed by atoms with Crippen LogP contribution in [0.1, 0.15) is 6.42 Å². The highest BCUT2D eigenvalue weighted by molar-refractivity contribution is 7.91. The van der Waals surface area contributed by atoms with Gasteiger partial charge in [0.1, 0.15) is 4.21 Å². The lowest BCUT2D eigenvalue weighted by Crippen LogP contribution is -2.48. The molecule has 22 heavy (non-hydrogen) atoms. The third-order valence-corrected chi connectivity index (χ3v) is 7.61. The summed E-state index contributed by atoms with van der Waals surface area (Å²) in [6.07, 6.45) is 2.76. The maximum absolute atomic E-state index is 12.6. The normalized spacial score (nSPS) is 28.0. The van der Waals surface area contributed by atoms with Gasteiger partial charge in [0.25, 0.3) is 10.0 Å². The van der Waals surface area contributed by atoms with Crippen molar-refractivity contribution < 1.29 is 13.2 Å². The molecule has 1 aromatic heterocycles. The summed E-state index contributed by atoms with van der Waals surface area (Å²) in [5.41, 5.74) is 0. The highest BCUT2D eigenvalue weighted by Gasteiger charge is 2.38. The molecule has 5 nitrogen and oxygen atoms in total. The highest BCUT2D eigenvalue weighted by Crippen LogP contribution is 2.29. The predicted molar refractivity (Wildman–Crippen MR) is 87.6 cm³/mol. The Kier molecular flexibility index (Phi) is 4.99. The first-order chi connectivity index (χ1) is 10.6. The highest BCUT2D eigenvalue weighted by atomic mass is 32.2. The number of fused-ring (bicyclic) bond motifs is 1. The quantitative estimate of drug-likeness (QED) is 0.781. The molecule has 2 saturated heterocycles. The number of rotatable bonds is 4. The average molecular weight is 342 g/mol. The zero-order valence-corrected chi connectivity index (χ0v) is 14.2. The van der Waals surface area contributed by atoms with Crippen LogP contribution in [0, 0.1) is 5.92 Å². The first-order valence-corrected chi connectivity index (χ1v) is 9.92. The molecule has 2 atom stereocenters. The predicted octanol–water partition coefficient (Wildman–Crippen LogP) is 1.65. The molecule has 0 N–H and O–H groups in total. The Morgan fingerprint density at radius 3 is 3.00 bits per heavy atom. The minimum atomic E-state index is -3.36. The molecular weight excluding hydrogens is 320 g/mol. The summed E-state index contributed by atoms with van der Waals surface area (Å²) in [6, 6.07) is 3.45. The van der Waals surface area contributed by atoms with Gasteiger partial charge in [-0.15, -0.1) is 17.9 Å². The number of hydrogen-bond acceptors (Lipinski definition) is 5. The Bertz CT molecular complexity index is 600. The summed E-state index contributed by atoms with van der Waals surface area (Å²) in [5, 5.41) is 1.80. The Hall–Kier alpha value is -0.730. The first-order valence-electron chi connectivity index (χ1n) is 7.60. The Labute approximate surface area is 136 Å². The lowest BCUT2D eigenvalue weighted by Gasteiger charge is -2.37. The molecule has 2 aliphatic rings. The van der Waals surface area contributed by atoms with E-state index in [1.165, 1.54) is 11.3 Å².